The summed E-state index contributed by atoms with van der Waals surface area (Å²) in [6, 6.07) is 17.3. The first-order valence-electron chi connectivity index (χ1n) is 11.1. The highest BCUT2D eigenvalue weighted by molar-refractivity contribution is 14.1. The minimum absolute atomic E-state index is 0.134. The number of halogens is 2. The molecule has 1 saturated heterocycles. The van der Waals surface area contributed by atoms with Gasteiger partial charge in [0.1, 0.15) is 12.4 Å². The molecule has 1 fully saturated rings. The molecule has 0 bridgehead atoms. The molecule has 3 aromatic rings. The summed E-state index contributed by atoms with van der Waals surface area (Å²) in [5.41, 5.74) is 2.03. The van der Waals surface area contributed by atoms with Crippen molar-refractivity contribution in [3.63, 3.8) is 0 Å². The molecule has 0 atom stereocenters. The van der Waals surface area contributed by atoms with Crippen molar-refractivity contribution in [2.75, 3.05) is 20.3 Å². The maximum absolute atomic E-state index is 12.9. The number of ether oxygens (including phenoxy) is 3. The zero-order valence-corrected chi connectivity index (χ0v) is 23.6. The lowest BCUT2D eigenvalue weighted by atomic mass is 10.1. The highest BCUT2D eigenvalue weighted by Crippen LogP contribution is 2.37. The van der Waals surface area contributed by atoms with Gasteiger partial charge in [-0.2, -0.15) is 0 Å². The molecule has 0 spiro atoms. The number of carbonyl (C=O) groups is 3. The lowest BCUT2D eigenvalue weighted by Gasteiger charge is -2.13. The summed E-state index contributed by atoms with van der Waals surface area (Å²) >= 11 is 8.85. The van der Waals surface area contributed by atoms with Gasteiger partial charge in [-0.1, -0.05) is 35.4 Å². The Kier molecular flexibility index (Phi) is 8.78. The number of amides is 2. The van der Waals surface area contributed by atoms with E-state index >= 15 is 0 Å². The summed E-state index contributed by atoms with van der Waals surface area (Å²) in [7, 11) is 1.45. The van der Waals surface area contributed by atoms with Gasteiger partial charge in [-0.25, -0.2) is 4.79 Å². The van der Waals surface area contributed by atoms with Crippen molar-refractivity contribution in [3.8, 4) is 17.2 Å². The van der Waals surface area contributed by atoms with Crippen molar-refractivity contribution >= 4 is 69.1 Å². The standard InChI is InChI=1S/C27H21ClINO6S/c1-16-6-8-20(9-7-16)35-11-10-30-25(31)23(37-27(30)33)14-17-12-21(29)24(22(13-17)34-2)36-26(32)18-4-3-5-19(28)15-18/h3-9,12-15H,10-11H2,1-2H3/b23-14-. The summed E-state index contributed by atoms with van der Waals surface area (Å²) in [6.07, 6.45) is 1.61. The number of benzene rings is 3. The van der Waals surface area contributed by atoms with Gasteiger partial charge in [0.15, 0.2) is 11.5 Å². The minimum Gasteiger partial charge on any atom is -0.493 e. The highest BCUT2D eigenvalue weighted by atomic mass is 127. The SMILES string of the molecule is COc1cc(/C=C2\SC(=O)N(CCOc3ccc(C)cc3)C2=O)cc(I)c1OC(=O)c1cccc(Cl)c1. The number of hydrogen-bond donors (Lipinski definition) is 0. The van der Waals surface area contributed by atoms with E-state index in [1.807, 2.05) is 53.8 Å². The molecule has 190 valence electrons. The normalized spacial score (nSPS) is 14.3. The second-order valence-electron chi connectivity index (χ2n) is 7.93. The Bertz CT molecular complexity index is 1390. The zero-order valence-electron chi connectivity index (χ0n) is 19.8. The smallest absolute Gasteiger partial charge is 0.343 e. The van der Waals surface area contributed by atoms with Gasteiger partial charge in [0.05, 0.1) is 27.7 Å². The van der Waals surface area contributed by atoms with E-state index in [1.54, 1.807) is 36.4 Å². The second-order valence-corrected chi connectivity index (χ2v) is 10.5. The Labute approximate surface area is 236 Å². The third-order valence-corrected chi connectivity index (χ3v) is 7.23. The largest absolute Gasteiger partial charge is 0.493 e. The number of carbonyl (C=O) groups excluding carboxylic acids is 3. The summed E-state index contributed by atoms with van der Waals surface area (Å²) < 4.78 is 17.3. The Hall–Kier alpha value is -3.02. The van der Waals surface area contributed by atoms with Crippen LogP contribution in [0.2, 0.25) is 5.02 Å². The Balaban J connectivity index is 1.46. The number of methoxy groups -OCH3 is 1. The summed E-state index contributed by atoms with van der Waals surface area (Å²) in [4.78, 5) is 39.4. The van der Waals surface area contributed by atoms with E-state index in [0.717, 1.165) is 22.2 Å². The van der Waals surface area contributed by atoms with E-state index in [4.69, 9.17) is 25.8 Å². The first kappa shape index (κ1) is 27.0. The molecular formula is C27H21ClINO6S. The summed E-state index contributed by atoms with van der Waals surface area (Å²) in [5.74, 6) is 0.241. The van der Waals surface area contributed by atoms with Crippen LogP contribution in [0.4, 0.5) is 4.79 Å². The predicted octanol–water partition coefficient (Wildman–Crippen LogP) is 6.60. The van der Waals surface area contributed by atoms with Crippen molar-refractivity contribution in [1.82, 2.24) is 4.90 Å². The van der Waals surface area contributed by atoms with Crippen LogP contribution < -0.4 is 14.2 Å². The first-order valence-corrected chi connectivity index (χ1v) is 13.3. The number of rotatable bonds is 8. The van der Waals surface area contributed by atoms with Gasteiger partial charge in [0.25, 0.3) is 11.1 Å². The molecule has 0 aliphatic carbocycles. The number of nitrogens with zero attached hydrogens (tertiary/aromatic N) is 1. The number of esters is 1. The van der Waals surface area contributed by atoms with Gasteiger partial charge in [-0.05, 0) is 95.4 Å². The fraction of sp³-hybridized carbons (Fsp3) is 0.148. The highest BCUT2D eigenvalue weighted by Gasteiger charge is 2.35. The van der Waals surface area contributed by atoms with E-state index in [-0.39, 0.29) is 29.0 Å². The van der Waals surface area contributed by atoms with Gasteiger partial charge in [-0.3, -0.25) is 14.5 Å². The Morgan fingerprint density at radius 1 is 1.11 bits per heavy atom. The minimum atomic E-state index is -0.583. The van der Waals surface area contributed by atoms with Crippen LogP contribution in [0, 0.1) is 10.5 Å². The summed E-state index contributed by atoms with van der Waals surface area (Å²) in [5, 5.41) is 0.0552. The van der Waals surface area contributed by atoms with E-state index in [2.05, 4.69) is 0 Å². The van der Waals surface area contributed by atoms with E-state index in [1.165, 1.54) is 13.2 Å². The maximum atomic E-state index is 12.9. The third kappa shape index (κ3) is 6.65. The molecule has 0 saturated carbocycles. The van der Waals surface area contributed by atoms with Crippen LogP contribution in [0.15, 0.2) is 65.6 Å². The Morgan fingerprint density at radius 2 is 1.86 bits per heavy atom. The van der Waals surface area contributed by atoms with Crippen LogP contribution in [0.25, 0.3) is 6.08 Å². The molecule has 7 nitrogen and oxygen atoms in total. The third-order valence-electron chi connectivity index (χ3n) is 5.28. The molecule has 0 radical (unpaired) electrons. The molecule has 3 aromatic carbocycles. The molecule has 10 heteroatoms. The molecule has 2 amide bonds. The maximum Gasteiger partial charge on any atom is 0.343 e. The molecule has 1 heterocycles. The zero-order chi connectivity index (χ0) is 26.5. The van der Waals surface area contributed by atoms with Gasteiger partial charge >= 0.3 is 5.97 Å². The van der Waals surface area contributed by atoms with Crippen LogP contribution in [0.1, 0.15) is 21.5 Å². The Morgan fingerprint density at radius 3 is 2.57 bits per heavy atom. The van der Waals surface area contributed by atoms with Crippen LogP contribution in [0.5, 0.6) is 17.2 Å². The van der Waals surface area contributed by atoms with Crippen molar-refractivity contribution in [1.29, 1.82) is 0 Å². The lowest BCUT2D eigenvalue weighted by molar-refractivity contribution is -0.123. The molecule has 37 heavy (non-hydrogen) atoms. The molecule has 1 aliphatic rings. The molecular weight excluding hydrogens is 629 g/mol. The number of hydrogen-bond acceptors (Lipinski definition) is 7. The van der Waals surface area contributed by atoms with Gasteiger partial charge in [0, 0.05) is 5.02 Å². The van der Waals surface area contributed by atoms with Crippen LogP contribution >= 0.6 is 46.0 Å². The summed E-state index contributed by atoms with van der Waals surface area (Å²) in [6.45, 7) is 2.30. The molecule has 4 rings (SSSR count). The first-order chi connectivity index (χ1) is 17.7. The number of aryl methyl sites for hydroxylation is 1. The number of imide groups is 1. The van der Waals surface area contributed by atoms with Crippen LogP contribution in [0.3, 0.4) is 0 Å². The van der Waals surface area contributed by atoms with Crippen molar-refractivity contribution in [3.05, 3.63) is 90.9 Å². The van der Waals surface area contributed by atoms with Crippen LogP contribution in [-0.2, 0) is 4.79 Å². The monoisotopic (exact) mass is 649 g/mol. The fourth-order valence-corrected chi connectivity index (χ4v) is 5.21. The van der Waals surface area contributed by atoms with E-state index < -0.39 is 11.9 Å². The molecule has 0 aromatic heterocycles. The molecule has 0 unspecified atom stereocenters. The van der Waals surface area contributed by atoms with Crippen LogP contribution in [-0.4, -0.2) is 42.3 Å². The fourth-order valence-electron chi connectivity index (χ4n) is 3.42. The average molecular weight is 650 g/mol. The van der Waals surface area contributed by atoms with E-state index in [9.17, 15) is 14.4 Å². The quantitative estimate of drug-likeness (QED) is 0.118. The van der Waals surface area contributed by atoms with Gasteiger partial charge in [0.2, 0.25) is 0 Å². The topological polar surface area (TPSA) is 82.1 Å². The second kappa shape index (κ2) is 12.0. The van der Waals surface area contributed by atoms with Crippen molar-refractivity contribution < 1.29 is 28.6 Å². The van der Waals surface area contributed by atoms with Gasteiger partial charge < -0.3 is 14.2 Å². The predicted molar refractivity (Wildman–Crippen MR) is 151 cm³/mol. The van der Waals surface area contributed by atoms with Gasteiger partial charge in [-0.15, -0.1) is 0 Å². The van der Waals surface area contributed by atoms with Crippen molar-refractivity contribution in [2.45, 2.75) is 6.92 Å². The molecule has 1 aliphatic heterocycles. The number of thioether (sulfide) groups is 1. The molecule has 0 N–H and O–H groups in total. The lowest BCUT2D eigenvalue weighted by Crippen LogP contribution is -2.32. The average Bonchev–Trinajstić information content (AvgIpc) is 3.13. The van der Waals surface area contributed by atoms with E-state index in [0.29, 0.717) is 31.2 Å². The van der Waals surface area contributed by atoms with Crippen molar-refractivity contribution in [2.24, 2.45) is 0 Å².